The second kappa shape index (κ2) is 5.52. The van der Waals surface area contributed by atoms with Crippen molar-refractivity contribution < 1.29 is 18.0 Å². The molecule has 6 heteroatoms. The van der Waals surface area contributed by atoms with Gasteiger partial charge in [0.05, 0.1) is 6.42 Å². The molecule has 1 aliphatic carbocycles. The van der Waals surface area contributed by atoms with Gasteiger partial charge in [0.1, 0.15) is 0 Å². The predicted octanol–water partition coefficient (Wildman–Crippen LogP) is 1.67. The molecule has 0 aromatic carbocycles. The zero-order chi connectivity index (χ0) is 12.2. The lowest BCUT2D eigenvalue weighted by Crippen LogP contribution is -2.46. The molecule has 2 N–H and O–H groups in total. The minimum absolute atomic E-state index is 0.115. The first-order valence-electron chi connectivity index (χ1n) is 5.50. The van der Waals surface area contributed by atoms with Crippen molar-refractivity contribution in [2.75, 3.05) is 13.1 Å². The minimum atomic E-state index is -4.26. The van der Waals surface area contributed by atoms with Gasteiger partial charge < -0.3 is 10.6 Å². The summed E-state index contributed by atoms with van der Waals surface area (Å²) < 4.78 is 35.9. The van der Waals surface area contributed by atoms with Crippen LogP contribution in [0.1, 0.15) is 32.1 Å². The Kier molecular flexibility index (Phi) is 4.58. The molecule has 0 atom stereocenters. The lowest BCUT2D eigenvalue weighted by atomic mass is 9.91. The van der Waals surface area contributed by atoms with E-state index in [9.17, 15) is 18.0 Å². The van der Waals surface area contributed by atoms with Crippen LogP contribution in [0.5, 0.6) is 0 Å². The molecule has 1 aliphatic rings. The van der Waals surface area contributed by atoms with E-state index < -0.39 is 24.9 Å². The van der Waals surface area contributed by atoms with Gasteiger partial charge in [-0.1, -0.05) is 0 Å². The van der Waals surface area contributed by atoms with Crippen LogP contribution in [0, 0.1) is 0 Å². The van der Waals surface area contributed by atoms with Crippen LogP contribution in [0.3, 0.4) is 0 Å². The summed E-state index contributed by atoms with van der Waals surface area (Å²) in [5.41, 5.74) is 5.35. The number of hydrogen-bond donors (Lipinski definition) is 1. The van der Waals surface area contributed by atoms with Gasteiger partial charge in [-0.2, -0.15) is 13.2 Å². The zero-order valence-corrected chi connectivity index (χ0v) is 9.09. The maximum atomic E-state index is 12.0. The van der Waals surface area contributed by atoms with Gasteiger partial charge in [-0.05, 0) is 19.3 Å². The fourth-order valence-electron chi connectivity index (χ4n) is 1.74. The predicted molar refractivity (Wildman–Crippen MR) is 53.7 cm³/mol. The summed E-state index contributed by atoms with van der Waals surface area (Å²) in [4.78, 5) is 13.1. The van der Waals surface area contributed by atoms with E-state index >= 15 is 0 Å². The van der Waals surface area contributed by atoms with Crippen molar-refractivity contribution in [2.24, 2.45) is 5.73 Å². The van der Waals surface area contributed by atoms with Crippen molar-refractivity contribution in [3.63, 3.8) is 0 Å². The SMILES string of the molecule is NCCN(C(=O)CCC(F)(F)F)C1CCC1. The maximum Gasteiger partial charge on any atom is 0.389 e. The molecule has 0 aromatic rings. The van der Waals surface area contributed by atoms with Crippen LogP contribution < -0.4 is 5.73 Å². The summed E-state index contributed by atoms with van der Waals surface area (Å²) >= 11 is 0. The average molecular weight is 238 g/mol. The third kappa shape index (κ3) is 4.00. The van der Waals surface area contributed by atoms with E-state index in [0.717, 1.165) is 19.3 Å². The monoisotopic (exact) mass is 238 g/mol. The number of carbonyl (C=O) groups excluding carboxylic acids is 1. The van der Waals surface area contributed by atoms with Gasteiger partial charge in [0, 0.05) is 25.6 Å². The Morgan fingerprint density at radius 3 is 2.38 bits per heavy atom. The lowest BCUT2D eigenvalue weighted by molar-refractivity contribution is -0.151. The van der Waals surface area contributed by atoms with E-state index in [1.54, 1.807) is 0 Å². The van der Waals surface area contributed by atoms with Crippen molar-refractivity contribution >= 4 is 5.91 Å². The molecular weight excluding hydrogens is 221 g/mol. The van der Waals surface area contributed by atoms with E-state index in [1.165, 1.54) is 4.90 Å². The van der Waals surface area contributed by atoms with E-state index in [0.29, 0.717) is 13.1 Å². The van der Waals surface area contributed by atoms with Crippen LogP contribution in [-0.4, -0.2) is 36.1 Å². The maximum absolute atomic E-state index is 12.0. The number of hydrogen-bond acceptors (Lipinski definition) is 2. The van der Waals surface area contributed by atoms with E-state index in [1.807, 2.05) is 0 Å². The Morgan fingerprint density at radius 1 is 1.38 bits per heavy atom. The summed E-state index contributed by atoms with van der Waals surface area (Å²) in [5.74, 6) is -0.424. The number of nitrogens with zero attached hydrogens (tertiary/aromatic N) is 1. The minimum Gasteiger partial charge on any atom is -0.338 e. The quantitative estimate of drug-likeness (QED) is 0.792. The second-order valence-electron chi connectivity index (χ2n) is 4.08. The summed E-state index contributed by atoms with van der Waals surface area (Å²) in [7, 11) is 0. The number of halogens is 3. The van der Waals surface area contributed by atoms with Gasteiger partial charge in [-0.25, -0.2) is 0 Å². The van der Waals surface area contributed by atoms with Crippen molar-refractivity contribution in [3.8, 4) is 0 Å². The molecule has 0 radical (unpaired) electrons. The molecule has 0 spiro atoms. The number of amides is 1. The highest BCUT2D eigenvalue weighted by molar-refractivity contribution is 5.76. The van der Waals surface area contributed by atoms with Crippen LogP contribution >= 0.6 is 0 Å². The first-order chi connectivity index (χ1) is 7.44. The standard InChI is InChI=1S/C10H17F3N2O/c11-10(12,13)5-4-9(16)15(7-6-14)8-2-1-3-8/h8H,1-7,14H2. The highest BCUT2D eigenvalue weighted by Crippen LogP contribution is 2.27. The van der Waals surface area contributed by atoms with Crippen molar-refractivity contribution in [1.29, 1.82) is 0 Å². The zero-order valence-electron chi connectivity index (χ0n) is 9.09. The number of carbonyl (C=O) groups is 1. The molecule has 0 saturated heterocycles. The summed E-state index contributed by atoms with van der Waals surface area (Å²) in [6.45, 7) is 0.662. The largest absolute Gasteiger partial charge is 0.389 e. The van der Waals surface area contributed by atoms with Crippen molar-refractivity contribution in [3.05, 3.63) is 0 Å². The van der Waals surface area contributed by atoms with Gasteiger partial charge >= 0.3 is 6.18 Å². The molecular formula is C10H17F3N2O. The summed E-state index contributed by atoms with van der Waals surface area (Å²) in [5, 5.41) is 0. The van der Waals surface area contributed by atoms with Crippen LogP contribution in [0.15, 0.2) is 0 Å². The third-order valence-corrected chi connectivity index (χ3v) is 2.83. The van der Waals surface area contributed by atoms with Crippen LogP contribution in [-0.2, 0) is 4.79 Å². The molecule has 3 nitrogen and oxygen atoms in total. The van der Waals surface area contributed by atoms with E-state index in [2.05, 4.69) is 0 Å². The molecule has 0 bridgehead atoms. The number of alkyl halides is 3. The summed E-state index contributed by atoms with van der Waals surface area (Å²) in [6.07, 6.45) is -2.95. The molecule has 16 heavy (non-hydrogen) atoms. The van der Waals surface area contributed by atoms with E-state index in [-0.39, 0.29) is 6.04 Å². The Morgan fingerprint density at radius 2 is 2.00 bits per heavy atom. The Hall–Kier alpha value is -0.780. The highest BCUT2D eigenvalue weighted by Gasteiger charge is 2.32. The molecule has 94 valence electrons. The lowest BCUT2D eigenvalue weighted by Gasteiger charge is -2.37. The van der Waals surface area contributed by atoms with Gasteiger partial charge in [-0.15, -0.1) is 0 Å². The fraction of sp³-hybridized carbons (Fsp3) is 0.900. The third-order valence-electron chi connectivity index (χ3n) is 2.83. The first-order valence-corrected chi connectivity index (χ1v) is 5.50. The smallest absolute Gasteiger partial charge is 0.338 e. The van der Waals surface area contributed by atoms with Crippen molar-refractivity contribution in [2.45, 2.75) is 44.3 Å². The molecule has 1 rings (SSSR count). The van der Waals surface area contributed by atoms with Crippen molar-refractivity contribution in [1.82, 2.24) is 4.90 Å². The highest BCUT2D eigenvalue weighted by atomic mass is 19.4. The molecule has 1 saturated carbocycles. The Bertz CT molecular complexity index is 239. The topological polar surface area (TPSA) is 46.3 Å². The molecule has 1 fully saturated rings. The molecule has 1 amide bonds. The number of rotatable bonds is 5. The fourth-order valence-corrected chi connectivity index (χ4v) is 1.74. The molecule has 0 unspecified atom stereocenters. The molecule has 0 aromatic heterocycles. The molecule has 0 heterocycles. The van der Waals surface area contributed by atoms with Gasteiger partial charge in [0.15, 0.2) is 0 Å². The Balaban J connectivity index is 2.41. The van der Waals surface area contributed by atoms with Crippen LogP contribution in [0.25, 0.3) is 0 Å². The molecule has 0 aliphatic heterocycles. The Labute approximate surface area is 92.8 Å². The first kappa shape index (κ1) is 13.3. The van der Waals surface area contributed by atoms with E-state index in [4.69, 9.17) is 5.73 Å². The van der Waals surface area contributed by atoms with Crippen LogP contribution in [0.2, 0.25) is 0 Å². The van der Waals surface area contributed by atoms with Gasteiger partial charge in [0.2, 0.25) is 5.91 Å². The average Bonchev–Trinajstić information content (AvgIpc) is 2.09. The summed E-state index contributed by atoms with van der Waals surface area (Å²) in [6, 6.07) is 0.115. The number of nitrogens with two attached hydrogens (primary N) is 1. The van der Waals surface area contributed by atoms with Gasteiger partial charge in [0.25, 0.3) is 0 Å². The van der Waals surface area contributed by atoms with Gasteiger partial charge in [-0.3, -0.25) is 4.79 Å². The van der Waals surface area contributed by atoms with Crippen LogP contribution in [0.4, 0.5) is 13.2 Å². The second-order valence-corrected chi connectivity index (χ2v) is 4.08. The normalized spacial score (nSPS) is 17.0.